The van der Waals surface area contributed by atoms with Crippen LogP contribution in [0.15, 0.2) is 10.3 Å². The molecule has 0 unspecified atom stereocenters. The molecule has 0 fully saturated rings. The predicted octanol–water partition coefficient (Wildman–Crippen LogP) is 3.05. The van der Waals surface area contributed by atoms with Gasteiger partial charge in [-0.2, -0.15) is 40.2 Å². The van der Waals surface area contributed by atoms with Gasteiger partial charge in [-0.15, -0.1) is 5.11 Å². The molecule has 13 heteroatoms. The molecule has 20 heavy (non-hydrogen) atoms. The summed E-state index contributed by atoms with van der Waals surface area (Å²) in [4.78, 5) is 0. The quantitative estimate of drug-likeness (QED) is 0.395. The maximum Gasteiger partial charge on any atom is 0.459 e. The van der Waals surface area contributed by atoms with Gasteiger partial charge in [-0.3, -0.25) is 0 Å². The van der Waals surface area contributed by atoms with Crippen LogP contribution in [0.25, 0.3) is 0 Å². The number of nitrogens with zero attached hydrogens (tertiary/aromatic N) is 4. The zero-order valence-electron chi connectivity index (χ0n) is 9.39. The van der Waals surface area contributed by atoms with Crippen LogP contribution in [0.1, 0.15) is 11.3 Å². The smallest absolute Gasteiger partial charge is 0.305 e. The summed E-state index contributed by atoms with van der Waals surface area (Å²) in [5, 5.41) is 7.66. The number of halogens is 8. The van der Waals surface area contributed by atoms with Crippen molar-refractivity contribution >= 4 is 5.82 Å². The Morgan fingerprint density at radius 3 is 1.90 bits per heavy atom. The topological polar surface area (TPSA) is 68.6 Å². The molecule has 0 aromatic carbocycles. The number of aryl methyl sites for hydroxylation is 1. The SMILES string of the molecule is Cn1nc(C(F)(F)C(F)(F)F)c(C(F)(F)F)c1N=NN. The van der Waals surface area contributed by atoms with Crippen LogP contribution in [-0.4, -0.2) is 16.0 Å². The first-order valence-corrected chi connectivity index (χ1v) is 4.54. The molecule has 1 rings (SSSR count). The van der Waals surface area contributed by atoms with Crippen LogP contribution >= 0.6 is 0 Å². The lowest BCUT2D eigenvalue weighted by molar-refractivity contribution is -0.292. The van der Waals surface area contributed by atoms with Crippen molar-refractivity contribution < 1.29 is 35.1 Å². The highest BCUT2D eigenvalue weighted by Gasteiger charge is 2.64. The number of rotatable bonds is 2. The molecule has 0 saturated carbocycles. The lowest BCUT2D eigenvalue weighted by Gasteiger charge is -2.19. The number of aromatic nitrogens is 2. The zero-order chi connectivity index (χ0) is 15.9. The zero-order valence-corrected chi connectivity index (χ0v) is 9.39. The summed E-state index contributed by atoms with van der Waals surface area (Å²) in [6.45, 7) is 0. The lowest BCUT2D eigenvalue weighted by atomic mass is 10.1. The molecule has 2 N–H and O–H groups in total. The van der Waals surface area contributed by atoms with Crippen LogP contribution in [0.3, 0.4) is 0 Å². The Morgan fingerprint density at radius 2 is 1.55 bits per heavy atom. The molecule has 0 aliphatic carbocycles. The fourth-order valence-corrected chi connectivity index (χ4v) is 1.30. The molecule has 0 aliphatic rings. The summed E-state index contributed by atoms with van der Waals surface area (Å²) in [6.07, 6.45) is -11.8. The van der Waals surface area contributed by atoms with Gasteiger partial charge < -0.3 is 5.84 Å². The first-order chi connectivity index (χ1) is 8.84. The van der Waals surface area contributed by atoms with Crippen LogP contribution in [0.4, 0.5) is 40.9 Å². The van der Waals surface area contributed by atoms with Gasteiger partial charge in [0.1, 0.15) is 5.56 Å². The minimum absolute atomic E-state index is 0.0775. The van der Waals surface area contributed by atoms with Gasteiger partial charge in [0, 0.05) is 7.05 Å². The molecular weight excluding hydrogens is 306 g/mol. The average Bonchev–Trinajstić information content (AvgIpc) is 2.55. The number of hydrogen-bond acceptors (Lipinski definition) is 3. The van der Waals surface area contributed by atoms with Crippen LogP contribution in [0.5, 0.6) is 0 Å². The van der Waals surface area contributed by atoms with Crippen molar-refractivity contribution in [1.82, 2.24) is 9.78 Å². The van der Waals surface area contributed by atoms with E-state index in [2.05, 4.69) is 21.3 Å². The number of alkyl halides is 8. The largest absolute Gasteiger partial charge is 0.459 e. The number of hydrogen-bond donors (Lipinski definition) is 1. The highest BCUT2D eigenvalue weighted by atomic mass is 19.4. The molecule has 114 valence electrons. The predicted molar refractivity (Wildman–Crippen MR) is 46.9 cm³/mol. The second-order valence-corrected chi connectivity index (χ2v) is 3.46. The van der Waals surface area contributed by atoms with Crippen molar-refractivity contribution in [1.29, 1.82) is 0 Å². The fraction of sp³-hybridized carbons (Fsp3) is 0.571. The lowest BCUT2D eigenvalue weighted by Crippen LogP contribution is -2.36. The van der Waals surface area contributed by atoms with E-state index in [1.165, 1.54) is 0 Å². The van der Waals surface area contributed by atoms with Gasteiger partial charge in [0.15, 0.2) is 11.5 Å². The Balaban J connectivity index is 3.70. The minimum atomic E-state index is -6.25. The van der Waals surface area contributed by atoms with E-state index >= 15 is 0 Å². The first kappa shape index (κ1) is 16.1. The van der Waals surface area contributed by atoms with E-state index in [4.69, 9.17) is 0 Å². The summed E-state index contributed by atoms with van der Waals surface area (Å²) < 4.78 is 101. The Morgan fingerprint density at radius 1 is 1.05 bits per heavy atom. The van der Waals surface area contributed by atoms with Crippen molar-refractivity contribution in [3.63, 3.8) is 0 Å². The van der Waals surface area contributed by atoms with Crippen LogP contribution in [-0.2, 0) is 19.1 Å². The molecule has 0 bridgehead atoms. The van der Waals surface area contributed by atoms with Gasteiger partial charge in [0.25, 0.3) is 0 Å². The molecule has 0 amide bonds. The molecular formula is C7H5F8N5. The van der Waals surface area contributed by atoms with E-state index in [-0.39, 0.29) is 4.68 Å². The molecule has 5 nitrogen and oxygen atoms in total. The third-order valence-corrected chi connectivity index (χ3v) is 2.11. The van der Waals surface area contributed by atoms with Gasteiger partial charge in [-0.25, -0.2) is 4.68 Å². The second kappa shape index (κ2) is 4.56. The third-order valence-electron chi connectivity index (χ3n) is 2.11. The normalized spacial score (nSPS) is 14.2. The van der Waals surface area contributed by atoms with Gasteiger partial charge in [0.2, 0.25) is 0 Å². The standard InChI is InChI=1S/C7H5F8N5/c1-20-4(17-19-16)2(6(10,11)12)3(18-20)5(8,9)7(13,14)15/h1H3,(H2,16,17). The summed E-state index contributed by atoms with van der Waals surface area (Å²) in [5.41, 5.74) is -4.86. The monoisotopic (exact) mass is 311 g/mol. The van der Waals surface area contributed by atoms with E-state index in [0.29, 0.717) is 7.05 Å². The molecule has 0 saturated heterocycles. The highest BCUT2D eigenvalue weighted by molar-refractivity contribution is 5.46. The van der Waals surface area contributed by atoms with Crippen molar-refractivity contribution in [3.05, 3.63) is 11.3 Å². The average molecular weight is 311 g/mol. The van der Waals surface area contributed by atoms with Crippen molar-refractivity contribution in [2.75, 3.05) is 0 Å². The number of nitrogens with two attached hydrogens (primary N) is 1. The third kappa shape index (κ3) is 2.51. The van der Waals surface area contributed by atoms with Gasteiger partial charge in [-0.1, -0.05) is 5.22 Å². The molecule has 0 atom stereocenters. The van der Waals surface area contributed by atoms with Crippen molar-refractivity contribution in [3.8, 4) is 0 Å². The van der Waals surface area contributed by atoms with E-state index in [9.17, 15) is 35.1 Å². The summed E-state index contributed by atoms with van der Waals surface area (Å²) in [7, 11) is 0.690. The maximum absolute atomic E-state index is 13.1. The van der Waals surface area contributed by atoms with Crippen molar-refractivity contribution in [2.24, 2.45) is 23.2 Å². The molecule has 1 heterocycles. The molecule has 0 radical (unpaired) electrons. The van der Waals surface area contributed by atoms with E-state index < -0.39 is 35.4 Å². The summed E-state index contributed by atoms with van der Waals surface area (Å²) in [5.74, 6) is -2.68. The Labute approximate surface area is 105 Å². The second-order valence-electron chi connectivity index (χ2n) is 3.46. The van der Waals surface area contributed by atoms with Crippen LogP contribution < -0.4 is 5.84 Å². The fourth-order valence-electron chi connectivity index (χ4n) is 1.30. The summed E-state index contributed by atoms with van der Waals surface area (Å²) in [6, 6.07) is 0. The van der Waals surface area contributed by atoms with Gasteiger partial charge in [0.05, 0.1) is 0 Å². The molecule has 1 aromatic rings. The molecule has 1 aromatic heterocycles. The Bertz CT molecular complexity index is 525. The summed E-state index contributed by atoms with van der Waals surface area (Å²) >= 11 is 0. The van der Waals surface area contributed by atoms with E-state index in [1.807, 2.05) is 0 Å². The van der Waals surface area contributed by atoms with Gasteiger partial charge >= 0.3 is 18.3 Å². The van der Waals surface area contributed by atoms with Crippen LogP contribution in [0.2, 0.25) is 0 Å². The van der Waals surface area contributed by atoms with E-state index in [1.54, 1.807) is 0 Å². The molecule has 0 aliphatic heterocycles. The maximum atomic E-state index is 13.1. The Kier molecular flexibility index (Phi) is 3.67. The molecule has 0 spiro atoms. The Hall–Kier alpha value is -1.95. The van der Waals surface area contributed by atoms with E-state index in [0.717, 1.165) is 0 Å². The van der Waals surface area contributed by atoms with Gasteiger partial charge in [-0.05, 0) is 0 Å². The van der Waals surface area contributed by atoms with Crippen LogP contribution in [0, 0.1) is 0 Å². The highest BCUT2D eigenvalue weighted by Crippen LogP contribution is 2.50. The first-order valence-electron chi connectivity index (χ1n) is 4.54. The minimum Gasteiger partial charge on any atom is -0.305 e. The van der Waals surface area contributed by atoms with Crippen molar-refractivity contribution in [2.45, 2.75) is 18.3 Å².